The van der Waals surface area contributed by atoms with Crippen molar-refractivity contribution in [2.45, 2.75) is 25.4 Å². The lowest BCUT2D eigenvalue weighted by Gasteiger charge is -2.20. The molecule has 1 aromatic heterocycles. The Hall–Kier alpha value is -1.14. The van der Waals surface area contributed by atoms with E-state index in [-0.39, 0.29) is 12.4 Å². The zero-order chi connectivity index (χ0) is 13.9. The van der Waals surface area contributed by atoms with Gasteiger partial charge >= 0.3 is 0 Å². The van der Waals surface area contributed by atoms with Gasteiger partial charge in [-0.1, -0.05) is 16.8 Å². The molecule has 1 fully saturated rings. The highest BCUT2D eigenvalue weighted by molar-refractivity contribution is 6.30. The summed E-state index contributed by atoms with van der Waals surface area (Å²) in [6.07, 6.45) is 2.33. The molecule has 1 aromatic carbocycles. The van der Waals surface area contributed by atoms with Crippen LogP contribution in [0.25, 0.3) is 11.4 Å². The third-order valence-corrected chi connectivity index (χ3v) is 3.93. The first-order valence-electron chi connectivity index (χ1n) is 6.79. The highest BCUT2D eigenvalue weighted by Crippen LogP contribution is 2.21. The average Bonchev–Trinajstić information content (AvgIpc) is 3.09. The summed E-state index contributed by atoms with van der Waals surface area (Å²) < 4.78 is 5.33. The minimum atomic E-state index is 0. The largest absolute Gasteiger partial charge is 0.338 e. The average molecular weight is 329 g/mol. The van der Waals surface area contributed by atoms with Crippen molar-refractivity contribution in [3.8, 4) is 11.4 Å². The molecule has 2 aromatic rings. The molecule has 0 aliphatic carbocycles. The molecule has 1 saturated heterocycles. The number of aromatic nitrogens is 2. The zero-order valence-corrected chi connectivity index (χ0v) is 13.1. The van der Waals surface area contributed by atoms with Crippen molar-refractivity contribution < 1.29 is 4.52 Å². The molecule has 7 heteroatoms. The molecular formula is C14H18Cl2N4O. The van der Waals surface area contributed by atoms with Crippen molar-refractivity contribution >= 4 is 24.0 Å². The molecule has 1 unspecified atom stereocenters. The predicted molar refractivity (Wildman–Crippen MR) is 84.5 cm³/mol. The van der Waals surface area contributed by atoms with Crippen LogP contribution in [0.5, 0.6) is 0 Å². The smallest absolute Gasteiger partial charge is 0.241 e. The molecule has 1 aliphatic rings. The van der Waals surface area contributed by atoms with E-state index in [0.717, 1.165) is 18.5 Å². The van der Waals surface area contributed by atoms with Gasteiger partial charge in [0.05, 0.1) is 6.54 Å². The summed E-state index contributed by atoms with van der Waals surface area (Å²) in [7, 11) is 0. The Kier molecular flexibility index (Phi) is 5.58. The van der Waals surface area contributed by atoms with E-state index >= 15 is 0 Å². The first-order chi connectivity index (χ1) is 9.76. The van der Waals surface area contributed by atoms with E-state index in [1.807, 2.05) is 24.3 Å². The maximum atomic E-state index is 5.87. The first-order valence-corrected chi connectivity index (χ1v) is 7.16. The van der Waals surface area contributed by atoms with Crippen molar-refractivity contribution in [2.75, 3.05) is 13.1 Å². The van der Waals surface area contributed by atoms with Gasteiger partial charge in [0.25, 0.3) is 0 Å². The minimum Gasteiger partial charge on any atom is -0.338 e. The summed E-state index contributed by atoms with van der Waals surface area (Å²) in [6, 6.07) is 7.83. The van der Waals surface area contributed by atoms with Gasteiger partial charge < -0.3 is 10.3 Å². The fourth-order valence-electron chi connectivity index (χ4n) is 2.58. The van der Waals surface area contributed by atoms with Crippen molar-refractivity contribution in [3.05, 3.63) is 35.2 Å². The predicted octanol–water partition coefficient (Wildman–Crippen LogP) is 2.73. The molecule has 0 radical (unpaired) electrons. The topological polar surface area (TPSA) is 68.2 Å². The fraction of sp³-hybridized carbons (Fsp3) is 0.429. The zero-order valence-electron chi connectivity index (χ0n) is 11.5. The summed E-state index contributed by atoms with van der Waals surface area (Å²) in [6.45, 7) is 2.39. The van der Waals surface area contributed by atoms with E-state index in [1.165, 1.54) is 6.42 Å². The van der Waals surface area contributed by atoms with E-state index in [0.29, 0.717) is 35.9 Å². The van der Waals surface area contributed by atoms with Crippen molar-refractivity contribution in [1.82, 2.24) is 15.0 Å². The SMILES string of the molecule is Cl.NCC1CCCN1Cc1nc(-c2ccc(Cl)cc2)no1. The van der Waals surface area contributed by atoms with Crippen LogP contribution in [0.3, 0.4) is 0 Å². The van der Waals surface area contributed by atoms with Crippen molar-refractivity contribution in [2.24, 2.45) is 5.73 Å². The van der Waals surface area contributed by atoms with Gasteiger partial charge in [0.15, 0.2) is 0 Å². The van der Waals surface area contributed by atoms with Crippen molar-refractivity contribution in [1.29, 1.82) is 0 Å². The monoisotopic (exact) mass is 328 g/mol. The second-order valence-electron chi connectivity index (χ2n) is 5.02. The second-order valence-corrected chi connectivity index (χ2v) is 5.46. The highest BCUT2D eigenvalue weighted by Gasteiger charge is 2.25. The molecule has 114 valence electrons. The number of halogens is 2. The van der Waals surface area contributed by atoms with E-state index in [2.05, 4.69) is 15.0 Å². The highest BCUT2D eigenvalue weighted by atomic mass is 35.5. The lowest BCUT2D eigenvalue weighted by atomic mass is 10.2. The van der Waals surface area contributed by atoms with Crippen LogP contribution < -0.4 is 5.73 Å². The van der Waals surface area contributed by atoms with Crippen molar-refractivity contribution in [3.63, 3.8) is 0 Å². The van der Waals surface area contributed by atoms with E-state index in [9.17, 15) is 0 Å². The van der Waals surface area contributed by atoms with Crippen LogP contribution in [0.1, 0.15) is 18.7 Å². The third-order valence-electron chi connectivity index (χ3n) is 3.68. The molecule has 0 amide bonds. The standard InChI is InChI=1S/C14H17ClN4O.ClH/c15-11-5-3-10(4-6-11)14-17-13(20-18-14)9-19-7-1-2-12(19)8-16;/h3-6,12H,1-2,7-9,16H2;1H. The summed E-state index contributed by atoms with van der Waals surface area (Å²) in [4.78, 5) is 6.74. The van der Waals surface area contributed by atoms with E-state index in [1.54, 1.807) is 0 Å². The van der Waals surface area contributed by atoms with Crippen LogP contribution in [-0.4, -0.2) is 34.2 Å². The van der Waals surface area contributed by atoms with Crippen LogP contribution >= 0.6 is 24.0 Å². The molecule has 2 heterocycles. The molecule has 1 atom stereocenters. The molecule has 0 saturated carbocycles. The Morgan fingerprint density at radius 3 is 2.81 bits per heavy atom. The van der Waals surface area contributed by atoms with E-state index < -0.39 is 0 Å². The van der Waals surface area contributed by atoms with Gasteiger partial charge in [-0.15, -0.1) is 12.4 Å². The number of hydrogen-bond donors (Lipinski definition) is 1. The summed E-state index contributed by atoms with van der Waals surface area (Å²) in [5, 5.41) is 4.72. The van der Waals surface area contributed by atoms with Gasteiger partial charge in [-0.05, 0) is 43.7 Å². The van der Waals surface area contributed by atoms with Crippen LogP contribution in [-0.2, 0) is 6.54 Å². The first kappa shape index (κ1) is 16.2. The summed E-state index contributed by atoms with van der Waals surface area (Å²) >= 11 is 5.87. The quantitative estimate of drug-likeness (QED) is 0.934. The number of likely N-dealkylation sites (tertiary alicyclic amines) is 1. The number of nitrogens with zero attached hydrogens (tertiary/aromatic N) is 3. The number of benzene rings is 1. The maximum absolute atomic E-state index is 5.87. The van der Waals surface area contributed by atoms with Gasteiger partial charge in [0.2, 0.25) is 11.7 Å². The Balaban J connectivity index is 0.00000161. The van der Waals surface area contributed by atoms with Crippen LogP contribution in [0.4, 0.5) is 0 Å². The van der Waals surface area contributed by atoms with Gasteiger partial charge in [0.1, 0.15) is 0 Å². The lowest BCUT2D eigenvalue weighted by molar-refractivity contribution is 0.214. The molecular weight excluding hydrogens is 311 g/mol. The molecule has 1 aliphatic heterocycles. The Morgan fingerprint density at radius 2 is 2.10 bits per heavy atom. The second kappa shape index (κ2) is 7.22. The lowest BCUT2D eigenvalue weighted by Crippen LogP contribution is -2.34. The van der Waals surface area contributed by atoms with Crippen LogP contribution in [0, 0.1) is 0 Å². The van der Waals surface area contributed by atoms with Crippen LogP contribution in [0.2, 0.25) is 5.02 Å². The molecule has 2 N–H and O–H groups in total. The number of rotatable bonds is 4. The molecule has 5 nitrogen and oxygen atoms in total. The summed E-state index contributed by atoms with van der Waals surface area (Å²) in [5.41, 5.74) is 6.67. The number of nitrogens with two attached hydrogens (primary N) is 1. The number of hydrogen-bond acceptors (Lipinski definition) is 5. The normalized spacial score (nSPS) is 18.7. The Labute approximate surface area is 134 Å². The summed E-state index contributed by atoms with van der Waals surface area (Å²) in [5.74, 6) is 1.23. The van der Waals surface area contributed by atoms with E-state index in [4.69, 9.17) is 21.9 Å². The van der Waals surface area contributed by atoms with Gasteiger partial charge in [-0.3, -0.25) is 4.90 Å². The fourth-order valence-corrected chi connectivity index (χ4v) is 2.71. The third kappa shape index (κ3) is 3.74. The molecule has 3 rings (SSSR count). The Morgan fingerprint density at radius 1 is 1.33 bits per heavy atom. The molecule has 21 heavy (non-hydrogen) atoms. The van der Waals surface area contributed by atoms with Gasteiger partial charge in [-0.25, -0.2) is 0 Å². The molecule has 0 bridgehead atoms. The van der Waals surface area contributed by atoms with Gasteiger partial charge in [-0.2, -0.15) is 4.98 Å². The maximum Gasteiger partial charge on any atom is 0.241 e. The molecule has 0 spiro atoms. The van der Waals surface area contributed by atoms with Gasteiger partial charge in [0, 0.05) is 23.2 Å². The Bertz CT molecular complexity index is 573. The minimum absolute atomic E-state index is 0. The van der Waals surface area contributed by atoms with Crippen LogP contribution in [0.15, 0.2) is 28.8 Å².